The minimum atomic E-state index is -0.781. The van der Waals surface area contributed by atoms with Crippen LogP contribution in [0.4, 0.5) is 4.39 Å². The molecule has 0 aromatic heterocycles. The molecule has 1 aromatic carbocycles. The number of hydrogen-bond donors (Lipinski definition) is 1. The largest absolute Gasteiger partial charge is 0.389 e. The summed E-state index contributed by atoms with van der Waals surface area (Å²) in [6.45, 7) is 4.39. The number of rotatable bonds is 3. The Labute approximate surface area is 105 Å². The molecule has 1 saturated heterocycles. The second kappa shape index (κ2) is 5.38. The van der Waals surface area contributed by atoms with Crippen molar-refractivity contribution in [1.29, 1.82) is 0 Å². The minimum Gasteiger partial charge on any atom is -0.389 e. The normalized spacial score (nSPS) is 26.1. The topological polar surface area (TPSA) is 29.5 Å². The summed E-state index contributed by atoms with van der Waals surface area (Å²) < 4.78 is 19.2. The lowest BCUT2D eigenvalue weighted by molar-refractivity contribution is 0.127. The van der Waals surface area contributed by atoms with E-state index in [0.717, 1.165) is 17.9 Å². The van der Waals surface area contributed by atoms with Gasteiger partial charge in [-0.1, -0.05) is 6.07 Å². The van der Waals surface area contributed by atoms with E-state index in [4.69, 9.17) is 4.74 Å². The highest BCUT2D eigenvalue weighted by molar-refractivity contribution is 8.00. The van der Waals surface area contributed by atoms with Crippen LogP contribution in [0.25, 0.3) is 0 Å². The third kappa shape index (κ3) is 2.81. The van der Waals surface area contributed by atoms with Crippen LogP contribution in [0.15, 0.2) is 23.1 Å². The molecule has 0 spiro atoms. The van der Waals surface area contributed by atoms with Gasteiger partial charge < -0.3 is 9.84 Å². The van der Waals surface area contributed by atoms with Crippen LogP contribution in [0, 0.1) is 5.82 Å². The summed E-state index contributed by atoms with van der Waals surface area (Å²) in [5.74, 6) is -0.337. The Bertz CT molecular complexity index is 395. The van der Waals surface area contributed by atoms with Gasteiger partial charge in [-0.05, 0) is 32.4 Å². The zero-order valence-corrected chi connectivity index (χ0v) is 10.8. The molecular formula is C13H17FO2S. The van der Waals surface area contributed by atoms with E-state index in [1.807, 2.05) is 13.0 Å². The van der Waals surface area contributed by atoms with Crippen molar-refractivity contribution in [2.75, 3.05) is 6.61 Å². The smallest absolute Gasteiger partial charge is 0.130 e. The molecule has 0 saturated carbocycles. The van der Waals surface area contributed by atoms with E-state index in [2.05, 4.69) is 0 Å². The van der Waals surface area contributed by atoms with Crippen LogP contribution in [-0.4, -0.2) is 23.1 Å². The van der Waals surface area contributed by atoms with Crippen molar-refractivity contribution in [2.45, 2.75) is 42.6 Å². The maximum atomic E-state index is 13.7. The Hall–Kier alpha value is -0.580. The molecule has 1 aliphatic rings. The molecule has 0 amide bonds. The molecular weight excluding hydrogens is 239 g/mol. The number of hydrogen-bond acceptors (Lipinski definition) is 3. The summed E-state index contributed by atoms with van der Waals surface area (Å²) in [6.07, 6.45) is 0.378. The lowest BCUT2D eigenvalue weighted by atomic mass is 10.1. The first-order valence-electron chi connectivity index (χ1n) is 5.84. The van der Waals surface area contributed by atoms with E-state index < -0.39 is 6.10 Å². The van der Waals surface area contributed by atoms with Crippen LogP contribution in [0.3, 0.4) is 0 Å². The highest BCUT2D eigenvalue weighted by atomic mass is 32.2. The molecule has 2 rings (SSSR count). The van der Waals surface area contributed by atoms with Crippen LogP contribution in [0.5, 0.6) is 0 Å². The molecule has 17 heavy (non-hydrogen) atoms. The Morgan fingerprint density at radius 3 is 2.88 bits per heavy atom. The SMILES string of the molecule is CC1OCCC1Sc1cccc(F)c1[C@H](C)O. The van der Waals surface area contributed by atoms with Gasteiger partial charge in [0.25, 0.3) is 0 Å². The van der Waals surface area contributed by atoms with Crippen LogP contribution in [0.2, 0.25) is 0 Å². The van der Waals surface area contributed by atoms with Gasteiger partial charge in [0.15, 0.2) is 0 Å². The molecule has 1 N–H and O–H groups in total. The van der Waals surface area contributed by atoms with Crippen molar-refractivity contribution in [2.24, 2.45) is 0 Å². The molecule has 94 valence electrons. The van der Waals surface area contributed by atoms with Crippen LogP contribution in [0.1, 0.15) is 31.9 Å². The monoisotopic (exact) mass is 256 g/mol. The summed E-state index contributed by atoms with van der Waals surface area (Å²) in [6, 6.07) is 4.94. The van der Waals surface area contributed by atoms with Gasteiger partial charge in [0.05, 0.1) is 12.2 Å². The highest BCUT2D eigenvalue weighted by Gasteiger charge is 2.27. The quantitative estimate of drug-likeness (QED) is 0.901. The van der Waals surface area contributed by atoms with Gasteiger partial charge in [0, 0.05) is 22.3 Å². The average Bonchev–Trinajstić information content (AvgIpc) is 2.64. The van der Waals surface area contributed by atoms with Crippen molar-refractivity contribution >= 4 is 11.8 Å². The molecule has 0 aliphatic carbocycles. The van der Waals surface area contributed by atoms with E-state index in [-0.39, 0.29) is 11.9 Å². The van der Waals surface area contributed by atoms with Crippen molar-refractivity contribution in [3.8, 4) is 0 Å². The van der Waals surface area contributed by atoms with Gasteiger partial charge in [0.1, 0.15) is 5.82 Å². The fourth-order valence-corrected chi connectivity index (χ4v) is 3.42. The van der Waals surface area contributed by atoms with Gasteiger partial charge in [-0.25, -0.2) is 4.39 Å². The first kappa shape index (κ1) is 12.9. The Morgan fingerprint density at radius 1 is 1.53 bits per heavy atom. The zero-order valence-electron chi connectivity index (χ0n) is 10.0. The molecule has 2 nitrogen and oxygen atoms in total. The van der Waals surface area contributed by atoms with Gasteiger partial charge >= 0.3 is 0 Å². The molecule has 0 bridgehead atoms. The molecule has 4 heteroatoms. The van der Waals surface area contributed by atoms with E-state index in [9.17, 15) is 9.50 Å². The lowest BCUT2D eigenvalue weighted by Crippen LogP contribution is -2.14. The second-order valence-electron chi connectivity index (χ2n) is 4.35. The van der Waals surface area contributed by atoms with Crippen LogP contribution < -0.4 is 0 Å². The minimum absolute atomic E-state index is 0.185. The first-order valence-corrected chi connectivity index (χ1v) is 6.72. The Kier molecular flexibility index (Phi) is 4.07. The predicted octanol–water partition coefficient (Wildman–Crippen LogP) is 3.15. The van der Waals surface area contributed by atoms with Crippen molar-refractivity contribution in [3.05, 3.63) is 29.6 Å². The van der Waals surface area contributed by atoms with Gasteiger partial charge in [-0.2, -0.15) is 0 Å². The third-order valence-corrected chi connectivity index (χ3v) is 4.55. The number of halogens is 1. The Morgan fingerprint density at radius 2 is 2.29 bits per heavy atom. The summed E-state index contributed by atoms with van der Waals surface area (Å²) in [5, 5.41) is 9.98. The van der Waals surface area contributed by atoms with Crippen molar-refractivity contribution in [1.82, 2.24) is 0 Å². The molecule has 1 heterocycles. The van der Waals surface area contributed by atoms with Crippen molar-refractivity contribution in [3.63, 3.8) is 0 Å². The standard InChI is InChI=1S/C13H17FO2S/c1-8(15)13-10(14)4-3-5-12(13)17-11-6-7-16-9(11)2/h3-5,8-9,11,15H,6-7H2,1-2H3/t8-,9?,11?/m0/s1. The number of aliphatic hydroxyl groups excluding tert-OH is 1. The summed E-state index contributed by atoms with van der Waals surface area (Å²) in [4.78, 5) is 0.822. The number of thioether (sulfide) groups is 1. The molecule has 3 atom stereocenters. The zero-order chi connectivity index (χ0) is 12.4. The fraction of sp³-hybridized carbons (Fsp3) is 0.538. The van der Waals surface area contributed by atoms with Gasteiger partial charge in [-0.15, -0.1) is 11.8 Å². The van der Waals surface area contributed by atoms with Crippen molar-refractivity contribution < 1.29 is 14.2 Å². The van der Waals surface area contributed by atoms with E-state index >= 15 is 0 Å². The fourth-order valence-electron chi connectivity index (χ4n) is 2.06. The molecule has 0 radical (unpaired) electrons. The number of benzene rings is 1. The van der Waals surface area contributed by atoms with E-state index in [1.54, 1.807) is 24.8 Å². The van der Waals surface area contributed by atoms with Crippen LogP contribution >= 0.6 is 11.8 Å². The maximum absolute atomic E-state index is 13.7. The summed E-state index contributed by atoms with van der Waals surface area (Å²) >= 11 is 1.60. The first-order chi connectivity index (χ1) is 8.09. The third-order valence-electron chi connectivity index (χ3n) is 3.02. The van der Waals surface area contributed by atoms with Crippen LogP contribution in [-0.2, 0) is 4.74 Å². The van der Waals surface area contributed by atoms with Gasteiger partial charge in [-0.3, -0.25) is 0 Å². The lowest BCUT2D eigenvalue weighted by Gasteiger charge is -2.17. The molecule has 2 unspecified atom stereocenters. The molecule has 1 aliphatic heterocycles. The second-order valence-corrected chi connectivity index (χ2v) is 5.63. The van der Waals surface area contributed by atoms with E-state index in [1.165, 1.54) is 6.07 Å². The van der Waals surface area contributed by atoms with E-state index in [0.29, 0.717) is 10.8 Å². The summed E-state index contributed by atoms with van der Waals surface area (Å²) in [5.41, 5.74) is 0.400. The number of aliphatic hydroxyl groups is 1. The Balaban J connectivity index is 2.23. The molecule has 1 aromatic rings. The highest BCUT2D eigenvalue weighted by Crippen LogP contribution is 2.37. The maximum Gasteiger partial charge on any atom is 0.130 e. The summed E-state index contributed by atoms with van der Waals surface area (Å²) in [7, 11) is 0. The predicted molar refractivity (Wildman–Crippen MR) is 66.7 cm³/mol. The van der Waals surface area contributed by atoms with Gasteiger partial charge in [0.2, 0.25) is 0 Å². The number of ether oxygens (including phenoxy) is 1. The molecule has 1 fully saturated rings. The average molecular weight is 256 g/mol.